The van der Waals surface area contributed by atoms with Gasteiger partial charge in [-0.15, -0.1) is 0 Å². The lowest BCUT2D eigenvalue weighted by Gasteiger charge is -2.26. The molecule has 0 aromatic rings. The van der Waals surface area contributed by atoms with Crippen molar-refractivity contribution in [2.45, 2.75) is 65.2 Å². The Labute approximate surface area is 115 Å². The number of amides is 1. The van der Waals surface area contributed by atoms with Crippen LogP contribution in [-0.2, 0) is 14.3 Å². The zero-order chi connectivity index (χ0) is 15.3. The molecule has 0 fully saturated rings. The molecule has 19 heavy (non-hydrogen) atoms. The van der Waals surface area contributed by atoms with E-state index in [2.05, 4.69) is 5.32 Å². The number of esters is 1. The summed E-state index contributed by atoms with van der Waals surface area (Å²) in [5.41, 5.74) is 4.20. The predicted octanol–water partition coefficient (Wildman–Crippen LogP) is 1.57. The van der Waals surface area contributed by atoms with Crippen LogP contribution in [0.15, 0.2) is 0 Å². The van der Waals surface area contributed by atoms with Crippen molar-refractivity contribution in [1.29, 1.82) is 0 Å². The fourth-order valence-electron chi connectivity index (χ4n) is 1.24. The fraction of sp³-hybridized carbons (Fsp3) is 0.846. The molecule has 0 aromatic heterocycles. The van der Waals surface area contributed by atoms with Crippen molar-refractivity contribution in [3.63, 3.8) is 0 Å². The van der Waals surface area contributed by atoms with E-state index in [-0.39, 0.29) is 6.54 Å². The Morgan fingerprint density at radius 3 is 1.89 bits per heavy atom. The molecule has 0 aliphatic carbocycles. The van der Waals surface area contributed by atoms with Gasteiger partial charge in [-0.1, -0.05) is 0 Å². The Bertz CT molecular complexity index is 316. The van der Waals surface area contributed by atoms with E-state index in [1.165, 1.54) is 0 Å². The third-order valence-corrected chi connectivity index (χ3v) is 1.84. The van der Waals surface area contributed by atoms with Gasteiger partial charge < -0.3 is 20.5 Å². The van der Waals surface area contributed by atoms with Crippen molar-refractivity contribution >= 4 is 12.1 Å². The third kappa shape index (κ3) is 9.30. The summed E-state index contributed by atoms with van der Waals surface area (Å²) in [6.07, 6.45) is -0.356. The van der Waals surface area contributed by atoms with E-state index >= 15 is 0 Å². The maximum absolute atomic E-state index is 11.9. The van der Waals surface area contributed by atoms with Gasteiger partial charge in [-0.05, 0) is 54.5 Å². The van der Waals surface area contributed by atoms with E-state index in [4.69, 9.17) is 15.2 Å². The van der Waals surface area contributed by atoms with Crippen LogP contribution >= 0.6 is 0 Å². The van der Waals surface area contributed by atoms with Crippen molar-refractivity contribution < 1.29 is 19.1 Å². The molecule has 3 N–H and O–H groups in total. The highest BCUT2D eigenvalue weighted by Crippen LogP contribution is 2.11. The largest absolute Gasteiger partial charge is 0.458 e. The van der Waals surface area contributed by atoms with E-state index in [1.807, 2.05) is 0 Å². The Morgan fingerprint density at radius 2 is 1.53 bits per heavy atom. The van der Waals surface area contributed by atoms with Crippen LogP contribution in [0.5, 0.6) is 0 Å². The predicted molar refractivity (Wildman–Crippen MR) is 72.7 cm³/mol. The standard InChI is InChI=1S/C13H26N2O4/c1-12(2,3)18-10(16)9(7-8-14)15-11(17)19-13(4,5)6/h9H,7-8,14H2,1-6H3,(H,15,17)/t9-/m0/s1. The minimum atomic E-state index is -0.793. The molecule has 0 unspecified atom stereocenters. The van der Waals surface area contributed by atoms with Crippen molar-refractivity contribution in [1.82, 2.24) is 5.32 Å². The minimum absolute atomic E-state index is 0.264. The number of nitrogens with one attached hydrogen (secondary N) is 1. The maximum atomic E-state index is 11.9. The number of rotatable bonds is 4. The molecule has 6 heteroatoms. The Morgan fingerprint density at radius 1 is 1.05 bits per heavy atom. The number of alkyl carbamates (subject to hydrolysis) is 1. The quantitative estimate of drug-likeness (QED) is 0.759. The number of carbonyl (C=O) groups excluding carboxylic acids is 2. The molecule has 0 radical (unpaired) electrons. The average Bonchev–Trinajstić information content (AvgIpc) is 2.10. The van der Waals surface area contributed by atoms with Crippen LogP contribution in [0.3, 0.4) is 0 Å². The first-order valence-electron chi connectivity index (χ1n) is 6.37. The van der Waals surface area contributed by atoms with Crippen LogP contribution in [0.25, 0.3) is 0 Å². The minimum Gasteiger partial charge on any atom is -0.458 e. The molecule has 0 aliphatic rings. The Balaban J connectivity index is 4.57. The summed E-state index contributed by atoms with van der Waals surface area (Å²) in [4.78, 5) is 23.5. The van der Waals surface area contributed by atoms with Crippen molar-refractivity contribution in [2.75, 3.05) is 6.54 Å². The summed E-state index contributed by atoms with van der Waals surface area (Å²) in [6.45, 7) is 10.8. The van der Waals surface area contributed by atoms with Gasteiger partial charge in [-0.25, -0.2) is 9.59 Å². The van der Waals surface area contributed by atoms with E-state index < -0.39 is 29.3 Å². The smallest absolute Gasteiger partial charge is 0.408 e. The first kappa shape index (κ1) is 17.7. The van der Waals surface area contributed by atoms with Gasteiger partial charge in [0.1, 0.15) is 17.2 Å². The lowest BCUT2D eigenvalue weighted by molar-refractivity contribution is -0.157. The Kier molecular flexibility index (Phi) is 6.29. The monoisotopic (exact) mass is 274 g/mol. The van der Waals surface area contributed by atoms with Gasteiger partial charge in [0.2, 0.25) is 0 Å². The zero-order valence-corrected chi connectivity index (χ0v) is 12.7. The van der Waals surface area contributed by atoms with Gasteiger partial charge in [0.15, 0.2) is 0 Å². The molecule has 6 nitrogen and oxygen atoms in total. The third-order valence-electron chi connectivity index (χ3n) is 1.84. The molecule has 1 amide bonds. The van der Waals surface area contributed by atoms with Crippen LogP contribution < -0.4 is 11.1 Å². The summed E-state index contributed by atoms with van der Waals surface area (Å²) in [6, 6.07) is -0.793. The summed E-state index contributed by atoms with van der Waals surface area (Å²) < 4.78 is 10.3. The molecule has 0 aliphatic heterocycles. The number of nitrogens with two attached hydrogens (primary N) is 1. The highest BCUT2D eigenvalue weighted by molar-refractivity contribution is 5.81. The summed E-state index contributed by atoms with van der Waals surface area (Å²) >= 11 is 0. The fourth-order valence-corrected chi connectivity index (χ4v) is 1.24. The van der Waals surface area contributed by atoms with Gasteiger partial charge in [0, 0.05) is 0 Å². The van der Waals surface area contributed by atoms with Gasteiger partial charge in [-0.2, -0.15) is 0 Å². The molecule has 0 rings (SSSR count). The zero-order valence-electron chi connectivity index (χ0n) is 12.7. The Hall–Kier alpha value is -1.30. The number of carbonyl (C=O) groups is 2. The lowest BCUT2D eigenvalue weighted by atomic mass is 10.1. The highest BCUT2D eigenvalue weighted by Gasteiger charge is 2.27. The van der Waals surface area contributed by atoms with Gasteiger partial charge in [-0.3, -0.25) is 0 Å². The van der Waals surface area contributed by atoms with E-state index in [1.54, 1.807) is 41.5 Å². The van der Waals surface area contributed by atoms with Crippen molar-refractivity contribution in [2.24, 2.45) is 5.73 Å². The molecule has 0 saturated heterocycles. The highest BCUT2D eigenvalue weighted by atomic mass is 16.6. The van der Waals surface area contributed by atoms with E-state index in [0.29, 0.717) is 6.42 Å². The first-order chi connectivity index (χ1) is 8.44. The van der Waals surface area contributed by atoms with Crippen LogP contribution in [0.1, 0.15) is 48.0 Å². The van der Waals surface area contributed by atoms with Crippen LogP contribution in [0.2, 0.25) is 0 Å². The second-order valence-corrected chi connectivity index (χ2v) is 6.31. The normalized spacial score (nSPS) is 13.6. The van der Waals surface area contributed by atoms with Crippen LogP contribution in [0.4, 0.5) is 4.79 Å². The number of ether oxygens (including phenoxy) is 2. The SMILES string of the molecule is CC(C)(C)OC(=O)N[C@@H](CCN)C(=O)OC(C)(C)C. The van der Waals surface area contributed by atoms with Gasteiger partial charge >= 0.3 is 12.1 Å². The molecule has 0 bridgehead atoms. The van der Waals surface area contributed by atoms with Crippen LogP contribution in [0, 0.1) is 0 Å². The summed E-state index contributed by atoms with van der Waals surface area (Å²) in [5.74, 6) is -0.510. The molecule has 0 aromatic carbocycles. The van der Waals surface area contributed by atoms with Gasteiger partial charge in [0.25, 0.3) is 0 Å². The number of hydrogen-bond donors (Lipinski definition) is 2. The number of hydrogen-bond acceptors (Lipinski definition) is 5. The van der Waals surface area contributed by atoms with Crippen molar-refractivity contribution in [3.05, 3.63) is 0 Å². The lowest BCUT2D eigenvalue weighted by Crippen LogP contribution is -2.46. The second-order valence-electron chi connectivity index (χ2n) is 6.31. The van der Waals surface area contributed by atoms with E-state index in [0.717, 1.165) is 0 Å². The van der Waals surface area contributed by atoms with Crippen molar-refractivity contribution in [3.8, 4) is 0 Å². The second kappa shape index (κ2) is 6.75. The molecule has 0 heterocycles. The topological polar surface area (TPSA) is 90.6 Å². The summed E-state index contributed by atoms with van der Waals surface area (Å²) in [5, 5.41) is 2.48. The molecule has 0 spiro atoms. The first-order valence-corrected chi connectivity index (χ1v) is 6.37. The molecule has 112 valence electrons. The molecular weight excluding hydrogens is 248 g/mol. The molecule has 1 atom stereocenters. The van der Waals surface area contributed by atoms with E-state index in [9.17, 15) is 9.59 Å². The molecular formula is C13H26N2O4. The maximum Gasteiger partial charge on any atom is 0.408 e. The van der Waals surface area contributed by atoms with Gasteiger partial charge in [0.05, 0.1) is 0 Å². The summed E-state index contributed by atoms with van der Waals surface area (Å²) in [7, 11) is 0. The average molecular weight is 274 g/mol. The van der Waals surface area contributed by atoms with Crippen LogP contribution in [-0.4, -0.2) is 35.9 Å². The molecule has 0 saturated carbocycles.